The van der Waals surface area contributed by atoms with Crippen molar-refractivity contribution in [1.82, 2.24) is 0 Å². The van der Waals surface area contributed by atoms with Crippen molar-refractivity contribution >= 4 is 35.4 Å². The lowest BCUT2D eigenvalue weighted by atomic mass is 10.1. The summed E-state index contributed by atoms with van der Waals surface area (Å²) >= 11 is 1.66. The summed E-state index contributed by atoms with van der Waals surface area (Å²) in [5.41, 5.74) is 2.20. The molecule has 1 unspecified atom stereocenters. The Morgan fingerprint density at radius 1 is 1.21 bits per heavy atom. The van der Waals surface area contributed by atoms with E-state index in [1.807, 2.05) is 48.5 Å². The highest BCUT2D eigenvalue weighted by Gasteiger charge is 2.18. The van der Waals surface area contributed by atoms with Gasteiger partial charge in [0.1, 0.15) is 0 Å². The molecular weight excluding hydrogens is 386 g/mol. The van der Waals surface area contributed by atoms with Gasteiger partial charge in [-0.3, -0.25) is 4.79 Å². The average molecular weight is 412 g/mol. The summed E-state index contributed by atoms with van der Waals surface area (Å²) in [5, 5.41) is 2.94. The molecule has 6 heteroatoms. The smallest absolute Gasteiger partial charge is 0.330 e. The average Bonchev–Trinajstić information content (AvgIpc) is 3.26. The molecule has 1 fully saturated rings. The molecule has 1 N–H and O–H groups in total. The highest BCUT2D eigenvalue weighted by molar-refractivity contribution is 7.99. The van der Waals surface area contributed by atoms with Crippen molar-refractivity contribution in [3.05, 3.63) is 65.7 Å². The number of amides is 1. The molecule has 1 aliphatic rings. The molecule has 29 heavy (non-hydrogen) atoms. The third-order valence-electron chi connectivity index (χ3n) is 4.45. The van der Waals surface area contributed by atoms with Gasteiger partial charge in [-0.1, -0.05) is 24.3 Å². The van der Waals surface area contributed by atoms with Crippen LogP contribution in [-0.2, 0) is 14.3 Å². The molecule has 0 spiro atoms. The summed E-state index contributed by atoms with van der Waals surface area (Å²) in [6.07, 6.45) is 5.53. The second-order valence-electron chi connectivity index (χ2n) is 6.60. The molecule has 0 bridgehead atoms. The fraction of sp³-hybridized carbons (Fsp3) is 0.304. The van der Waals surface area contributed by atoms with Crippen molar-refractivity contribution in [2.45, 2.75) is 30.8 Å². The minimum atomic E-state index is -0.373. The maximum Gasteiger partial charge on any atom is 0.330 e. The quantitative estimate of drug-likeness (QED) is 0.384. The zero-order valence-electron chi connectivity index (χ0n) is 16.4. The molecule has 5 nitrogen and oxygen atoms in total. The molecule has 2 aromatic carbocycles. The van der Waals surface area contributed by atoms with Gasteiger partial charge in [0.2, 0.25) is 0 Å². The summed E-state index contributed by atoms with van der Waals surface area (Å²) in [5.74, 6) is 0.337. The van der Waals surface area contributed by atoms with Crippen LogP contribution in [0, 0.1) is 0 Å². The first-order valence-corrected chi connectivity index (χ1v) is 10.7. The van der Waals surface area contributed by atoms with Gasteiger partial charge < -0.3 is 14.8 Å². The van der Waals surface area contributed by atoms with Crippen LogP contribution in [0.15, 0.2) is 59.5 Å². The zero-order valence-corrected chi connectivity index (χ0v) is 17.2. The SMILES string of the molecule is CCOC(=O)/C=C/c1ccc(NC(=O)c2ccccc2SCC2CCCO2)cc1. The third-order valence-corrected chi connectivity index (χ3v) is 5.65. The van der Waals surface area contributed by atoms with Crippen LogP contribution in [0.3, 0.4) is 0 Å². The molecule has 0 radical (unpaired) electrons. The minimum absolute atomic E-state index is 0.143. The number of ether oxygens (including phenoxy) is 2. The highest BCUT2D eigenvalue weighted by atomic mass is 32.2. The topological polar surface area (TPSA) is 64.6 Å². The normalized spacial score (nSPS) is 16.1. The van der Waals surface area contributed by atoms with Gasteiger partial charge in [0.05, 0.1) is 18.3 Å². The van der Waals surface area contributed by atoms with Crippen molar-refractivity contribution in [3.8, 4) is 0 Å². The second kappa shape index (κ2) is 10.8. The van der Waals surface area contributed by atoms with Crippen LogP contribution in [0.1, 0.15) is 35.7 Å². The largest absolute Gasteiger partial charge is 0.463 e. The number of esters is 1. The molecule has 1 saturated heterocycles. The Morgan fingerprint density at radius 3 is 2.72 bits per heavy atom. The van der Waals surface area contributed by atoms with Crippen LogP contribution in [0.25, 0.3) is 6.08 Å². The zero-order chi connectivity index (χ0) is 20.5. The number of anilines is 1. The molecule has 1 atom stereocenters. The molecule has 1 amide bonds. The monoisotopic (exact) mass is 411 g/mol. The molecule has 0 aromatic heterocycles. The molecule has 1 heterocycles. The Hall–Kier alpha value is -2.57. The molecule has 3 rings (SSSR count). The molecule has 0 saturated carbocycles. The van der Waals surface area contributed by atoms with Crippen LogP contribution in [0.5, 0.6) is 0 Å². The first-order valence-electron chi connectivity index (χ1n) is 9.75. The van der Waals surface area contributed by atoms with Gasteiger partial charge in [0.15, 0.2) is 0 Å². The molecular formula is C23H25NO4S. The Balaban J connectivity index is 1.60. The standard InChI is InChI=1S/C23H25NO4S/c1-2-27-22(25)14-11-17-9-12-18(13-10-17)24-23(26)20-7-3-4-8-21(20)29-16-19-6-5-15-28-19/h3-4,7-14,19H,2,5-6,15-16H2,1H3,(H,24,26)/b14-11+. The molecule has 2 aromatic rings. The van der Waals surface area contributed by atoms with Gasteiger partial charge in [-0.2, -0.15) is 0 Å². The lowest BCUT2D eigenvalue weighted by molar-refractivity contribution is -0.137. The van der Waals surface area contributed by atoms with Crippen LogP contribution in [0.4, 0.5) is 5.69 Å². The Morgan fingerprint density at radius 2 is 2.00 bits per heavy atom. The summed E-state index contributed by atoms with van der Waals surface area (Å²) in [6.45, 7) is 2.95. The van der Waals surface area contributed by atoms with E-state index < -0.39 is 0 Å². The number of hydrogen-bond donors (Lipinski definition) is 1. The van der Waals surface area contributed by atoms with Gasteiger partial charge in [0.25, 0.3) is 5.91 Å². The van der Waals surface area contributed by atoms with E-state index in [0.717, 1.165) is 35.7 Å². The molecule has 1 aliphatic heterocycles. The van der Waals surface area contributed by atoms with E-state index in [9.17, 15) is 9.59 Å². The molecule has 0 aliphatic carbocycles. The summed E-state index contributed by atoms with van der Waals surface area (Å²) in [7, 11) is 0. The number of carbonyl (C=O) groups excluding carboxylic acids is 2. The number of carbonyl (C=O) groups is 2. The first kappa shape index (κ1) is 21.1. The van der Waals surface area contributed by atoms with Crippen LogP contribution < -0.4 is 5.32 Å². The van der Waals surface area contributed by atoms with Crippen molar-refractivity contribution in [2.75, 3.05) is 24.3 Å². The number of thioether (sulfide) groups is 1. The summed E-state index contributed by atoms with van der Waals surface area (Å²) in [4.78, 5) is 25.1. The summed E-state index contributed by atoms with van der Waals surface area (Å²) in [6, 6.07) is 14.9. The summed E-state index contributed by atoms with van der Waals surface area (Å²) < 4.78 is 10.5. The fourth-order valence-electron chi connectivity index (χ4n) is 2.97. The van der Waals surface area contributed by atoms with E-state index in [1.165, 1.54) is 6.08 Å². The molecule has 152 valence electrons. The van der Waals surface area contributed by atoms with E-state index >= 15 is 0 Å². The second-order valence-corrected chi connectivity index (χ2v) is 7.67. The van der Waals surface area contributed by atoms with E-state index in [2.05, 4.69) is 5.32 Å². The Bertz CT molecular complexity index is 857. The van der Waals surface area contributed by atoms with Crippen molar-refractivity contribution < 1.29 is 19.1 Å². The Kier molecular flexibility index (Phi) is 7.90. The lowest BCUT2D eigenvalue weighted by Gasteiger charge is -2.12. The van der Waals surface area contributed by atoms with E-state index in [0.29, 0.717) is 17.9 Å². The van der Waals surface area contributed by atoms with Gasteiger partial charge in [-0.25, -0.2) is 4.79 Å². The third kappa shape index (κ3) is 6.48. The van der Waals surface area contributed by atoms with Crippen molar-refractivity contribution in [3.63, 3.8) is 0 Å². The first-order chi connectivity index (χ1) is 14.2. The van der Waals surface area contributed by atoms with Crippen molar-refractivity contribution in [2.24, 2.45) is 0 Å². The number of rotatable bonds is 8. The van der Waals surface area contributed by atoms with Gasteiger partial charge >= 0.3 is 5.97 Å². The predicted molar refractivity (Wildman–Crippen MR) is 116 cm³/mol. The minimum Gasteiger partial charge on any atom is -0.463 e. The Labute approximate surface area is 175 Å². The van der Waals surface area contributed by atoms with Crippen LogP contribution in [-0.4, -0.2) is 36.9 Å². The van der Waals surface area contributed by atoms with Gasteiger partial charge in [-0.05, 0) is 55.7 Å². The van der Waals surface area contributed by atoms with Crippen LogP contribution >= 0.6 is 11.8 Å². The number of benzene rings is 2. The number of hydrogen-bond acceptors (Lipinski definition) is 5. The predicted octanol–water partition coefficient (Wildman–Crippen LogP) is 4.79. The maximum atomic E-state index is 12.8. The van der Waals surface area contributed by atoms with E-state index in [-0.39, 0.29) is 18.0 Å². The van der Waals surface area contributed by atoms with Crippen molar-refractivity contribution in [1.29, 1.82) is 0 Å². The number of nitrogens with one attached hydrogen (secondary N) is 1. The highest BCUT2D eigenvalue weighted by Crippen LogP contribution is 2.27. The van der Waals surface area contributed by atoms with Crippen LogP contribution in [0.2, 0.25) is 0 Å². The van der Waals surface area contributed by atoms with Gasteiger partial charge in [-0.15, -0.1) is 11.8 Å². The van der Waals surface area contributed by atoms with E-state index in [4.69, 9.17) is 9.47 Å². The fourth-order valence-corrected chi connectivity index (χ4v) is 4.09. The lowest BCUT2D eigenvalue weighted by Crippen LogP contribution is -2.14. The van der Waals surface area contributed by atoms with Gasteiger partial charge in [0, 0.05) is 29.0 Å². The maximum absolute atomic E-state index is 12.8. The van der Waals surface area contributed by atoms with E-state index in [1.54, 1.807) is 24.8 Å².